The molecule has 1 amide bonds. The molecule has 0 spiro atoms. The number of hydrogen-bond donors (Lipinski definition) is 4. The van der Waals surface area contributed by atoms with Crippen molar-refractivity contribution >= 4 is 11.9 Å². The van der Waals surface area contributed by atoms with Gasteiger partial charge in [-0.05, 0) is 43.4 Å². The number of benzene rings is 1. The van der Waals surface area contributed by atoms with Crippen LogP contribution in [-0.2, 0) is 25.7 Å². The lowest BCUT2D eigenvalue weighted by Gasteiger charge is -2.29. The fraction of sp³-hybridized carbons (Fsp3) is 0.643. The van der Waals surface area contributed by atoms with E-state index in [-0.39, 0.29) is 19.1 Å². The summed E-state index contributed by atoms with van der Waals surface area (Å²) >= 11 is 0. The number of hydrogen-bond acceptors (Lipinski definition) is 8. The van der Waals surface area contributed by atoms with Crippen LogP contribution in [0.1, 0.15) is 64.0 Å². The van der Waals surface area contributed by atoms with E-state index in [1.807, 2.05) is 24.3 Å². The molecular formula is C28H41N3O6. The van der Waals surface area contributed by atoms with Crippen molar-refractivity contribution in [1.29, 1.82) is 0 Å². The zero-order chi connectivity index (χ0) is 27.2. The molecule has 0 aromatic heterocycles. The number of rotatable bonds is 8. The molecule has 1 saturated heterocycles. The highest BCUT2D eigenvalue weighted by atomic mass is 16.7. The number of nitrogens with zero attached hydrogens (tertiary/aromatic N) is 1. The number of carbonyl (C=O) groups is 2. The molecule has 1 aliphatic carbocycles. The third-order valence-electron chi connectivity index (χ3n) is 7.27. The number of amides is 1. The van der Waals surface area contributed by atoms with Crippen LogP contribution in [-0.4, -0.2) is 70.7 Å². The average Bonchev–Trinajstić information content (AvgIpc) is 3.24. The van der Waals surface area contributed by atoms with E-state index in [1.54, 1.807) is 20.8 Å². The van der Waals surface area contributed by atoms with E-state index in [0.29, 0.717) is 0 Å². The van der Waals surface area contributed by atoms with E-state index < -0.39 is 47.6 Å². The molecule has 0 bridgehead atoms. The molecule has 1 aromatic rings. The van der Waals surface area contributed by atoms with Crippen molar-refractivity contribution in [2.75, 3.05) is 13.7 Å². The molecule has 1 saturated carbocycles. The Labute approximate surface area is 219 Å². The first-order valence-electron chi connectivity index (χ1n) is 13.1. The van der Waals surface area contributed by atoms with Crippen molar-refractivity contribution in [2.24, 2.45) is 17.6 Å². The van der Waals surface area contributed by atoms with Gasteiger partial charge in [0.25, 0.3) is 0 Å². The minimum absolute atomic E-state index is 0.212. The van der Waals surface area contributed by atoms with Crippen LogP contribution < -0.4 is 11.1 Å². The predicted octanol–water partition coefficient (Wildman–Crippen LogP) is 1.49. The molecule has 9 heteroatoms. The molecule has 2 aliphatic rings. The zero-order valence-electron chi connectivity index (χ0n) is 22.3. The highest BCUT2D eigenvalue weighted by Gasteiger charge is 2.50. The van der Waals surface area contributed by atoms with Crippen LogP contribution in [0.4, 0.5) is 0 Å². The van der Waals surface area contributed by atoms with Crippen LogP contribution in [0.2, 0.25) is 0 Å². The van der Waals surface area contributed by atoms with E-state index >= 15 is 0 Å². The van der Waals surface area contributed by atoms with Crippen LogP contribution >= 0.6 is 0 Å². The molecule has 5 atom stereocenters. The average molecular weight is 516 g/mol. The van der Waals surface area contributed by atoms with Gasteiger partial charge in [-0.1, -0.05) is 57.1 Å². The van der Waals surface area contributed by atoms with Gasteiger partial charge in [0.05, 0.1) is 31.9 Å². The Morgan fingerprint density at radius 2 is 1.97 bits per heavy atom. The maximum atomic E-state index is 13.5. The van der Waals surface area contributed by atoms with Crippen LogP contribution in [0.25, 0.3) is 0 Å². The molecule has 0 radical (unpaired) electrons. The summed E-state index contributed by atoms with van der Waals surface area (Å²) in [6.45, 7) is 5.01. The Kier molecular flexibility index (Phi) is 10.1. The molecule has 5 N–H and O–H groups in total. The van der Waals surface area contributed by atoms with Gasteiger partial charge < -0.3 is 26.0 Å². The quantitative estimate of drug-likeness (QED) is 0.302. The van der Waals surface area contributed by atoms with Crippen LogP contribution in [0, 0.1) is 23.7 Å². The Morgan fingerprint density at radius 3 is 2.57 bits per heavy atom. The summed E-state index contributed by atoms with van der Waals surface area (Å²) in [6, 6.07) is 5.83. The number of aliphatic hydroxyl groups excluding tert-OH is 2. The highest BCUT2D eigenvalue weighted by molar-refractivity contribution is 5.88. The summed E-state index contributed by atoms with van der Waals surface area (Å²) in [6.07, 6.45) is 3.44. The molecule has 37 heavy (non-hydrogen) atoms. The highest BCUT2D eigenvalue weighted by Crippen LogP contribution is 2.32. The Morgan fingerprint density at radius 1 is 1.27 bits per heavy atom. The van der Waals surface area contributed by atoms with Crippen molar-refractivity contribution in [3.63, 3.8) is 0 Å². The van der Waals surface area contributed by atoms with Crippen LogP contribution in [0.3, 0.4) is 0 Å². The van der Waals surface area contributed by atoms with Crippen molar-refractivity contribution in [2.45, 2.75) is 89.3 Å². The molecule has 2 fully saturated rings. The predicted molar refractivity (Wildman–Crippen MR) is 139 cm³/mol. The lowest BCUT2D eigenvalue weighted by molar-refractivity contribution is -0.182. The van der Waals surface area contributed by atoms with E-state index in [0.717, 1.165) is 36.8 Å². The van der Waals surface area contributed by atoms with Gasteiger partial charge in [-0.15, -0.1) is 0 Å². The van der Waals surface area contributed by atoms with Crippen LogP contribution in [0.15, 0.2) is 24.3 Å². The van der Waals surface area contributed by atoms with Gasteiger partial charge in [0.1, 0.15) is 18.2 Å². The van der Waals surface area contributed by atoms with E-state index in [2.05, 4.69) is 17.2 Å². The topological polar surface area (TPSA) is 134 Å². The summed E-state index contributed by atoms with van der Waals surface area (Å²) < 4.78 is 4.85. The van der Waals surface area contributed by atoms with Gasteiger partial charge in [-0.25, -0.2) is 4.79 Å². The Hall–Kier alpha value is -2.48. The number of hydroxylamine groups is 2. The number of aliphatic hydroxyl groups is 2. The second kappa shape index (κ2) is 12.9. The third-order valence-corrected chi connectivity index (χ3v) is 7.27. The maximum Gasteiger partial charge on any atom is 0.328 e. The Bertz CT molecular complexity index is 995. The van der Waals surface area contributed by atoms with E-state index in [4.69, 9.17) is 15.3 Å². The monoisotopic (exact) mass is 515 g/mol. The van der Waals surface area contributed by atoms with Gasteiger partial charge in [-0.3, -0.25) is 9.63 Å². The molecule has 1 heterocycles. The molecule has 3 rings (SSSR count). The lowest BCUT2D eigenvalue weighted by atomic mass is 9.83. The minimum atomic E-state index is -0.943. The van der Waals surface area contributed by atoms with Gasteiger partial charge >= 0.3 is 5.97 Å². The number of nitrogens with one attached hydrogen (secondary N) is 1. The standard InChI is InChI=1S/C28H41N3O6/c1-18(2)24(27(35)36-4)30-26(34)25-23(19(3)33)22(17-32)37-31(25)16-21-10-8-9-20(15-21)11-14-28(29)12-6-5-7-13-28/h8-10,15,18-19,22-25,32-33H,5-7,12-13,16-17,29H2,1-4H3,(H,30,34)/t19-,22-,23+,24-,25-/m0/s1. The summed E-state index contributed by atoms with van der Waals surface area (Å²) in [7, 11) is 1.27. The summed E-state index contributed by atoms with van der Waals surface area (Å²) in [5.41, 5.74) is 7.66. The lowest BCUT2D eigenvalue weighted by Crippen LogP contribution is -2.54. The normalized spacial score (nSPS) is 25.1. The number of esters is 1. The van der Waals surface area contributed by atoms with Crippen LogP contribution in [0.5, 0.6) is 0 Å². The van der Waals surface area contributed by atoms with Crippen molar-refractivity contribution < 1.29 is 29.4 Å². The maximum absolute atomic E-state index is 13.5. The molecule has 204 valence electrons. The second-order valence-corrected chi connectivity index (χ2v) is 10.6. The van der Waals surface area contributed by atoms with Crippen molar-refractivity contribution in [1.82, 2.24) is 10.4 Å². The van der Waals surface area contributed by atoms with Crippen molar-refractivity contribution in [3.8, 4) is 11.8 Å². The first-order valence-corrected chi connectivity index (χ1v) is 13.1. The van der Waals surface area contributed by atoms with Gasteiger partial charge in [0, 0.05) is 11.5 Å². The van der Waals surface area contributed by atoms with Gasteiger partial charge in [-0.2, -0.15) is 5.06 Å². The summed E-state index contributed by atoms with van der Waals surface area (Å²) in [5.74, 6) is 4.52. The SMILES string of the molecule is COC(=O)[C@@H](NC(=O)[C@@H]1[C@H]([C@H](C)O)[C@H](CO)ON1Cc1cccc(C#CC2(N)CCCCC2)c1)C(C)C. The molecule has 1 aliphatic heterocycles. The number of ether oxygens (including phenoxy) is 1. The van der Waals surface area contributed by atoms with Gasteiger partial charge in [0.15, 0.2) is 0 Å². The summed E-state index contributed by atoms with van der Waals surface area (Å²) in [5, 5.41) is 24.7. The fourth-order valence-electron chi connectivity index (χ4n) is 5.17. The number of nitrogens with two attached hydrogens (primary N) is 1. The number of carbonyl (C=O) groups excluding carboxylic acids is 2. The molecule has 1 aromatic carbocycles. The largest absolute Gasteiger partial charge is 0.467 e. The minimum Gasteiger partial charge on any atom is -0.467 e. The molecule has 9 nitrogen and oxygen atoms in total. The van der Waals surface area contributed by atoms with Gasteiger partial charge in [0.2, 0.25) is 5.91 Å². The first kappa shape index (κ1) is 29.1. The third kappa shape index (κ3) is 7.30. The van der Waals surface area contributed by atoms with Crippen molar-refractivity contribution in [3.05, 3.63) is 35.4 Å². The fourth-order valence-corrected chi connectivity index (χ4v) is 5.17. The molecular weight excluding hydrogens is 474 g/mol. The molecule has 0 unspecified atom stereocenters. The van der Waals surface area contributed by atoms with E-state index in [9.17, 15) is 19.8 Å². The second-order valence-electron chi connectivity index (χ2n) is 10.6. The zero-order valence-corrected chi connectivity index (χ0v) is 22.3. The Balaban J connectivity index is 1.84. The first-order chi connectivity index (χ1) is 17.6. The van der Waals surface area contributed by atoms with E-state index in [1.165, 1.54) is 18.6 Å². The smallest absolute Gasteiger partial charge is 0.328 e. The number of methoxy groups -OCH3 is 1. The summed E-state index contributed by atoms with van der Waals surface area (Å²) in [4.78, 5) is 31.7.